The van der Waals surface area contributed by atoms with Crippen LogP contribution in [0.25, 0.3) is 0 Å². The molecule has 0 aromatic heterocycles. The Bertz CT molecular complexity index is 297. The van der Waals surface area contributed by atoms with E-state index in [0.717, 1.165) is 30.0 Å². The third-order valence-corrected chi connectivity index (χ3v) is 2.60. The van der Waals surface area contributed by atoms with Gasteiger partial charge in [0.25, 0.3) is 0 Å². The first kappa shape index (κ1) is 11.2. The SMILES string of the molecule is NCCCSCC#Cc1ccccc1. The lowest BCUT2D eigenvalue weighted by Gasteiger charge is -1.92. The van der Waals surface area contributed by atoms with E-state index < -0.39 is 0 Å². The van der Waals surface area contributed by atoms with Crippen molar-refractivity contribution in [1.82, 2.24) is 0 Å². The van der Waals surface area contributed by atoms with Crippen LogP contribution in [0.1, 0.15) is 12.0 Å². The summed E-state index contributed by atoms with van der Waals surface area (Å²) >= 11 is 1.84. The van der Waals surface area contributed by atoms with Gasteiger partial charge in [-0.05, 0) is 30.9 Å². The van der Waals surface area contributed by atoms with Gasteiger partial charge in [-0.3, -0.25) is 0 Å². The number of thioether (sulfide) groups is 1. The van der Waals surface area contributed by atoms with Gasteiger partial charge in [-0.25, -0.2) is 0 Å². The number of nitrogens with two attached hydrogens (primary N) is 1. The van der Waals surface area contributed by atoms with Gasteiger partial charge in [-0.15, -0.1) is 11.8 Å². The number of rotatable bonds is 4. The van der Waals surface area contributed by atoms with Gasteiger partial charge in [0.1, 0.15) is 0 Å². The summed E-state index contributed by atoms with van der Waals surface area (Å²) in [5.74, 6) is 8.26. The van der Waals surface area contributed by atoms with Crippen LogP contribution >= 0.6 is 11.8 Å². The summed E-state index contributed by atoms with van der Waals surface area (Å²) in [6.45, 7) is 0.777. The zero-order valence-corrected chi connectivity index (χ0v) is 9.02. The van der Waals surface area contributed by atoms with Crippen LogP contribution in [0.4, 0.5) is 0 Å². The lowest BCUT2D eigenvalue weighted by Crippen LogP contribution is -1.99. The molecule has 0 aliphatic carbocycles. The minimum atomic E-state index is 0.777. The number of hydrogen-bond acceptors (Lipinski definition) is 2. The van der Waals surface area contributed by atoms with E-state index in [4.69, 9.17) is 5.73 Å². The zero-order chi connectivity index (χ0) is 10.1. The van der Waals surface area contributed by atoms with Crippen molar-refractivity contribution in [3.8, 4) is 11.8 Å². The summed E-state index contributed by atoms with van der Waals surface area (Å²) in [4.78, 5) is 0. The Morgan fingerprint density at radius 1 is 1.21 bits per heavy atom. The van der Waals surface area contributed by atoms with E-state index in [0.29, 0.717) is 0 Å². The van der Waals surface area contributed by atoms with Gasteiger partial charge in [-0.1, -0.05) is 30.0 Å². The highest BCUT2D eigenvalue weighted by molar-refractivity contribution is 7.99. The van der Waals surface area contributed by atoms with Crippen molar-refractivity contribution in [1.29, 1.82) is 0 Å². The van der Waals surface area contributed by atoms with Crippen LogP contribution in [-0.2, 0) is 0 Å². The van der Waals surface area contributed by atoms with Gasteiger partial charge in [0.15, 0.2) is 0 Å². The minimum Gasteiger partial charge on any atom is -0.330 e. The highest BCUT2D eigenvalue weighted by Crippen LogP contribution is 2.00. The fourth-order valence-electron chi connectivity index (χ4n) is 0.968. The first-order valence-corrected chi connectivity index (χ1v) is 5.90. The minimum absolute atomic E-state index is 0.777. The Kier molecular flexibility index (Phi) is 5.97. The molecule has 1 rings (SSSR count). The molecule has 2 N–H and O–H groups in total. The molecule has 0 amide bonds. The maximum absolute atomic E-state index is 5.38. The highest BCUT2D eigenvalue weighted by atomic mass is 32.2. The second-order valence-electron chi connectivity index (χ2n) is 2.86. The number of benzene rings is 1. The van der Waals surface area contributed by atoms with Gasteiger partial charge in [-0.2, -0.15) is 0 Å². The third kappa shape index (κ3) is 4.96. The second-order valence-corrected chi connectivity index (χ2v) is 3.97. The van der Waals surface area contributed by atoms with Crippen molar-refractivity contribution in [3.63, 3.8) is 0 Å². The Hall–Kier alpha value is -0.910. The molecule has 0 unspecified atom stereocenters. The Morgan fingerprint density at radius 3 is 2.71 bits per heavy atom. The largest absolute Gasteiger partial charge is 0.330 e. The molecule has 0 aliphatic rings. The number of hydrogen-bond donors (Lipinski definition) is 1. The summed E-state index contributed by atoms with van der Waals surface area (Å²) in [5.41, 5.74) is 6.47. The van der Waals surface area contributed by atoms with Crippen LogP contribution in [-0.4, -0.2) is 18.1 Å². The van der Waals surface area contributed by atoms with Crippen LogP contribution < -0.4 is 5.73 Å². The Balaban J connectivity index is 2.21. The molecule has 1 aromatic carbocycles. The topological polar surface area (TPSA) is 26.0 Å². The van der Waals surface area contributed by atoms with Gasteiger partial charge >= 0.3 is 0 Å². The third-order valence-electron chi connectivity index (χ3n) is 1.67. The fraction of sp³-hybridized carbons (Fsp3) is 0.333. The van der Waals surface area contributed by atoms with E-state index in [1.165, 1.54) is 0 Å². The van der Waals surface area contributed by atoms with E-state index in [1.54, 1.807) is 0 Å². The molecule has 0 saturated heterocycles. The molecule has 0 heterocycles. The van der Waals surface area contributed by atoms with Crippen LogP contribution in [0.15, 0.2) is 30.3 Å². The summed E-state index contributed by atoms with van der Waals surface area (Å²) < 4.78 is 0. The lowest BCUT2D eigenvalue weighted by molar-refractivity contribution is 0.944. The van der Waals surface area contributed by atoms with Crippen LogP contribution in [0.2, 0.25) is 0 Å². The van der Waals surface area contributed by atoms with Gasteiger partial charge in [0.05, 0.1) is 5.75 Å². The van der Waals surface area contributed by atoms with Gasteiger partial charge in [0, 0.05) is 5.56 Å². The average molecular weight is 205 g/mol. The first-order valence-electron chi connectivity index (χ1n) is 4.75. The van der Waals surface area contributed by atoms with E-state index in [9.17, 15) is 0 Å². The summed E-state index contributed by atoms with van der Waals surface area (Å²) in [7, 11) is 0. The van der Waals surface area contributed by atoms with E-state index >= 15 is 0 Å². The van der Waals surface area contributed by atoms with Crippen molar-refractivity contribution >= 4 is 11.8 Å². The van der Waals surface area contributed by atoms with Crippen molar-refractivity contribution in [3.05, 3.63) is 35.9 Å². The summed E-state index contributed by atoms with van der Waals surface area (Å²) in [6.07, 6.45) is 1.08. The molecule has 0 fully saturated rings. The fourth-order valence-corrected chi connectivity index (χ4v) is 1.66. The monoisotopic (exact) mass is 205 g/mol. The second kappa shape index (κ2) is 7.49. The summed E-state index contributed by atoms with van der Waals surface area (Å²) in [6, 6.07) is 10.1. The smallest absolute Gasteiger partial charge is 0.0551 e. The molecular formula is C12H15NS. The molecule has 1 aromatic rings. The lowest BCUT2D eigenvalue weighted by atomic mass is 10.2. The zero-order valence-electron chi connectivity index (χ0n) is 8.20. The first-order chi connectivity index (χ1) is 6.93. The van der Waals surface area contributed by atoms with E-state index in [2.05, 4.69) is 11.8 Å². The maximum Gasteiger partial charge on any atom is 0.0551 e. The van der Waals surface area contributed by atoms with Gasteiger partial charge < -0.3 is 5.73 Å². The Morgan fingerprint density at radius 2 is 2.00 bits per heavy atom. The van der Waals surface area contributed by atoms with Crippen LogP contribution in [0.5, 0.6) is 0 Å². The van der Waals surface area contributed by atoms with Crippen LogP contribution in [0, 0.1) is 11.8 Å². The Labute approximate surface area is 90.1 Å². The normalized spacial score (nSPS) is 9.21. The molecule has 1 nitrogen and oxygen atoms in total. The van der Waals surface area contributed by atoms with Crippen molar-refractivity contribution in [2.75, 3.05) is 18.1 Å². The molecule has 0 spiro atoms. The predicted molar refractivity (Wildman–Crippen MR) is 64.3 cm³/mol. The summed E-state index contributed by atoms with van der Waals surface area (Å²) in [5, 5.41) is 0. The van der Waals surface area contributed by atoms with Crippen molar-refractivity contribution in [2.24, 2.45) is 5.73 Å². The van der Waals surface area contributed by atoms with Crippen LogP contribution in [0.3, 0.4) is 0 Å². The molecule has 74 valence electrons. The van der Waals surface area contributed by atoms with Crippen molar-refractivity contribution in [2.45, 2.75) is 6.42 Å². The molecule has 14 heavy (non-hydrogen) atoms. The quantitative estimate of drug-likeness (QED) is 0.602. The molecular weight excluding hydrogens is 190 g/mol. The van der Waals surface area contributed by atoms with E-state index in [1.807, 2.05) is 42.1 Å². The highest BCUT2D eigenvalue weighted by Gasteiger charge is 1.84. The standard InChI is InChI=1S/C12H15NS/c13-9-5-11-14-10-4-8-12-6-2-1-3-7-12/h1-3,6-7H,5,9-11,13H2. The molecule has 0 bridgehead atoms. The molecule has 2 heteroatoms. The molecule has 0 saturated carbocycles. The average Bonchev–Trinajstić information content (AvgIpc) is 2.25. The molecule has 0 aliphatic heterocycles. The molecule has 0 atom stereocenters. The maximum atomic E-state index is 5.38. The predicted octanol–water partition coefficient (Wildman–Crippen LogP) is 2.12. The van der Waals surface area contributed by atoms with Crippen molar-refractivity contribution < 1.29 is 0 Å². The van der Waals surface area contributed by atoms with Gasteiger partial charge in [0.2, 0.25) is 0 Å². The molecule has 0 radical (unpaired) electrons. The van der Waals surface area contributed by atoms with E-state index in [-0.39, 0.29) is 0 Å².